The summed E-state index contributed by atoms with van der Waals surface area (Å²) in [6.45, 7) is 17.9. The predicted molar refractivity (Wildman–Crippen MR) is 121 cm³/mol. The molecule has 0 aromatic rings. The van der Waals surface area contributed by atoms with E-state index in [1.165, 1.54) is 19.4 Å². The number of hydrogen-bond donors (Lipinski definition) is 2. The molecule has 0 amide bonds. The maximum atomic E-state index is 5.94. The van der Waals surface area contributed by atoms with E-state index in [0.29, 0.717) is 12.0 Å². The fourth-order valence-corrected chi connectivity index (χ4v) is 3.85. The number of ether oxygens (including phenoxy) is 1. The highest BCUT2D eigenvalue weighted by molar-refractivity contribution is 14.0. The van der Waals surface area contributed by atoms with Crippen molar-refractivity contribution in [2.24, 2.45) is 10.9 Å². The minimum Gasteiger partial charge on any atom is -0.374 e. The molecule has 0 aliphatic carbocycles. The van der Waals surface area contributed by atoms with Gasteiger partial charge in [0.25, 0.3) is 0 Å². The quantitative estimate of drug-likeness (QED) is 0.316. The molecule has 2 atom stereocenters. The molecule has 0 radical (unpaired) electrons. The first-order chi connectivity index (χ1) is 12.1. The first kappa shape index (κ1) is 23.9. The zero-order valence-electron chi connectivity index (χ0n) is 17.2. The highest BCUT2D eigenvalue weighted by Crippen LogP contribution is 2.16. The van der Waals surface area contributed by atoms with Crippen LogP contribution in [0.1, 0.15) is 40.5 Å². The topological polar surface area (TPSA) is 52.1 Å². The van der Waals surface area contributed by atoms with Crippen LogP contribution in [-0.2, 0) is 4.74 Å². The maximum Gasteiger partial charge on any atom is 0.191 e. The van der Waals surface area contributed by atoms with Gasteiger partial charge in [-0.1, -0.05) is 20.8 Å². The van der Waals surface area contributed by atoms with Crippen LogP contribution in [0, 0.1) is 5.92 Å². The van der Waals surface area contributed by atoms with Gasteiger partial charge < -0.3 is 15.4 Å². The lowest BCUT2D eigenvalue weighted by atomic mass is 10.2. The smallest absolute Gasteiger partial charge is 0.191 e. The number of nitrogens with zero attached hydrogens (tertiary/aromatic N) is 3. The number of morpholine rings is 1. The summed E-state index contributed by atoms with van der Waals surface area (Å²) in [6, 6.07) is 0.605. The third kappa shape index (κ3) is 8.27. The SMILES string of the molecule is CCNC(=NCC1CCCN1CC)NCC1CN(CC(C)C)CCO1.I. The van der Waals surface area contributed by atoms with Gasteiger partial charge in [0.2, 0.25) is 0 Å². The van der Waals surface area contributed by atoms with Crippen LogP contribution < -0.4 is 10.6 Å². The number of hydrogen-bond acceptors (Lipinski definition) is 4. The van der Waals surface area contributed by atoms with Crippen molar-refractivity contribution in [3.05, 3.63) is 0 Å². The summed E-state index contributed by atoms with van der Waals surface area (Å²) >= 11 is 0. The van der Waals surface area contributed by atoms with E-state index < -0.39 is 0 Å². The number of halogens is 1. The van der Waals surface area contributed by atoms with Gasteiger partial charge in [0.1, 0.15) is 0 Å². The molecule has 0 aromatic carbocycles. The number of nitrogens with one attached hydrogen (secondary N) is 2. The molecule has 2 fully saturated rings. The Kier molecular flexibility index (Phi) is 12.1. The van der Waals surface area contributed by atoms with Crippen molar-refractivity contribution in [2.45, 2.75) is 52.7 Å². The van der Waals surface area contributed by atoms with Crippen molar-refractivity contribution in [3.63, 3.8) is 0 Å². The molecule has 0 bridgehead atoms. The first-order valence-corrected chi connectivity index (χ1v) is 10.2. The minimum absolute atomic E-state index is 0. The summed E-state index contributed by atoms with van der Waals surface area (Å²) < 4.78 is 5.94. The molecule has 154 valence electrons. The van der Waals surface area contributed by atoms with Gasteiger partial charge in [0.05, 0.1) is 19.3 Å². The molecule has 7 heteroatoms. The van der Waals surface area contributed by atoms with Gasteiger partial charge in [-0.3, -0.25) is 14.8 Å². The largest absolute Gasteiger partial charge is 0.374 e. The lowest BCUT2D eigenvalue weighted by Crippen LogP contribution is -2.50. The summed E-state index contributed by atoms with van der Waals surface area (Å²) in [5, 5.41) is 6.86. The Bertz CT molecular complexity index is 407. The Balaban J connectivity index is 0.00000338. The molecule has 2 rings (SSSR count). The zero-order chi connectivity index (χ0) is 18.1. The van der Waals surface area contributed by atoms with Crippen molar-refractivity contribution in [3.8, 4) is 0 Å². The van der Waals surface area contributed by atoms with Gasteiger partial charge in [-0.05, 0) is 38.8 Å². The first-order valence-electron chi connectivity index (χ1n) is 10.2. The van der Waals surface area contributed by atoms with E-state index in [4.69, 9.17) is 9.73 Å². The van der Waals surface area contributed by atoms with E-state index in [1.807, 2.05) is 0 Å². The van der Waals surface area contributed by atoms with Crippen LogP contribution in [0.2, 0.25) is 0 Å². The number of likely N-dealkylation sites (tertiary alicyclic amines) is 1. The molecule has 0 saturated carbocycles. The normalized spacial score (nSPS) is 25.3. The van der Waals surface area contributed by atoms with Gasteiger partial charge in [0, 0.05) is 38.8 Å². The number of rotatable bonds is 8. The molecule has 6 nitrogen and oxygen atoms in total. The second-order valence-corrected chi connectivity index (χ2v) is 7.67. The summed E-state index contributed by atoms with van der Waals surface area (Å²) in [4.78, 5) is 9.89. The zero-order valence-corrected chi connectivity index (χ0v) is 19.5. The lowest BCUT2D eigenvalue weighted by Gasteiger charge is -2.34. The van der Waals surface area contributed by atoms with Gasteiger partial charge in [-0.15, -0.1) is 24.0 Å². The monoisotopic (exact) mass is 481 g/mol. The van der Waals surface area contributed by atoms with E-state index in [-0.39, 0.29) is 30.1 Å². The Morgan fingerprint density at radius 1 is 1.23 bits per heavy atom. The van der Waals surface area contributed by atoms with E-state index >= 15 is 0 Å². The van der Waals surface area contributed by atoms with Gasteiger partial charge in [-0.25, -0.2) is 0 Å². The number of aliphatic imine (C=N–C) groups is 1. The van der Waals surface area contributed by atoms with Gasteiger partial charge in [0.15, 0.2) is 5.96 Å². The molecule has 26 heavy (non-hydrogen) atoms. The van der Waals surface area contributed by atoms with Crippen LogP contribution in [0.5, 0.6) is 0 Å². The molecule has 2 N–H and O–H groups in total. The van der Waals surface area contributed by atoms with Crippen LogP contribution in [0.3, 0.4) is 0 Å². The predicted octanol–water partition coefficient (Wildman–Crippen LogP) is 2.00. The summed E-state index contributed by atoms with van der Waals surface area (Å²) in [5.41, 5.74) is 0. The average molecular weight is 481 g/mol. The summed E-state index contributed by atoms with van der Waals surface area (Å²) in [5.74, 6) is 1.63. The fraction of sp³-hybridized carbons (Fsp3) is 0.947. The molecule has 0 spiro atoms. The third-order valence-corrected chi connectivity index (χ3v) is 5.05. The van der Waals surface area contributed by atoms with Crippen LogP contribution in [0.15, 0.2) is 4.99 Å². The highest BCUT2D eigenvalue weighted by Gasteiger charge is 2.23. The average Bonchev–Trinajstić information content (AvgIpc) is 3.04. The highest BCUT2D eigenvalue weighted by atomic mass is 127. The van der Waals surface area contributed by atoms with Crippen LogP contribution >= 0.6 is 24.0 Å². The van der Waals surface area contributed by atoms with E-state index in [0.717, 1.165) is 58.4 Å². The molecule has 2 unspecified atom stereocenters. The third-order valence-electron chi connectivity index (χ3n) is 5.05. The molecule has 0 aromatic heterocycles. The van der Waals surface area contributed by atoms with Crippen LogP contribution in [0.4, 0.5) is 0 Å². The molecule has 2 heterocycles. The van der Waals surface area contributed by atoms with E-state index in [1.54, 1.807) is 0 Å². The molecular formula is C19H40IN5O. The van der Waals surface area contributed by atoms with Crippen molar-refractivity contribution in [1.29, 1.82) is 0 Å². The maximum absolute atomic E-state index is 5.94. The Morgan fingerprint density at radius 3 is 2.73 bits per heavy atom. The second kappa shape index (κ2) is 13.1. The van der Waals surface area contributed by atoms with Crippen LogP contribution in [-0.4, -0.2) is 86.9 Å². The Morgan fingerprint density at radius 2 is 2.04 bits per heavy atom. The molecule has 2 aliphatic rings. The number of likely N-dealkylation sites (N-methyl/N-ethyl adjacent to an activating group) is 1. The van der Waals surface area contributed by atoms with E-state index in [9.17, 15) is 0 Å². The van der Waals surface area contributed by atoms with E-state index in [2.05, 4.69) is 48.1 Å². The second-order valence-electron chi connectivity index (χ2n) is 7.67. The van der Waals surface area contributed by atoms with Crippen molar-refractivity contribution >= 4 is 29.9 Å². The van der Waals surface area contributed by atoms with Gasteiger partial charge in [-0.2, -0.15) is 0 Å². The Labute approximate surface area is 177 Å². The van der Waals surface area contributed by atoms with Crippen molar-refractivity contribution in [2.75, 3.05) is 59.0 Å². The minimum atomic E-state index is 0. The molecular weight excluding hydrogens is 441 g/mol. The van der Waals surface area contributed by atoms with Crippen molar-refractivity contribution < 1.29 is 4.74 Å². The molecule has 2 aliphatic heterocycles. The lowest BCUT2D eigenvalue weighted by molar-refractivity contribution is -0.0284. The fourth-order valence-electron chi connectivity index (χ4n) is 3.85. The summed E-state index contributed by atoms with van der Waals surface area (Å²) in [6.07, 6.45) is 2.82. The number of guanidine groups is 1. The van der Waals surface area contributed by atoms with Crippen molar-refractivity contribution in [1.82, 2.24) is 20.4 Å². The van der Waals surface area contributed by atoms with Gasteiger partial charge >= 0.3 is 0 Å². The Hall–Kier alpha value is -0.120. The summed E-state index contributed by atoms with van der Waals surface area (Å²) in [7, 11) is 0. The standard InChI is InChI=1S/C19H39N5O.HI/c1-5-20-19(21-12-17-8-7-9-24(17)6-2)22-13-18-15-23(10-11-25-18)14-16(3)4;/h16-18H,5-15H2,1-4H3,(H2,20,21,22);1H. The van der Waals surface area contributed by atoms with Crippen LogP contribution in [0.25, 0.3) is 0 Å². The molecule has 2 saturated heterocycles.